The van der Waals surface area contributed by atoms with Crippen LogP contribution < -0.4 is 10.6 Å². The van der Waals surface area contributed by atoms with Crippen molar-refractivity contribution >= 4 is 38.5 Å². The Hall–Kier alpha value is -3.37. The molecule has 34 heavy (non-hydrogen) atoms. The number of hydrogen-bond acceptors (Lipinski definition) is 3. The Kier molecular flexibility index (Phi) is 6.01. The van der Waals surface area contributed by atoms with E-state index >= 15 is 0 Å². The number of fused-ring (bicyclic) bond motifs is 1. The molecule has 0 unspecified atom stereocenters. The van der Waals surface area contributed by atoms with Gasteiger partial charge in [0.25, 0.3) is 5.91 Å². The minimum atomic E-state index is -0.385. The third-order valence-electron chi connectivity index (χ3n) is 6.84. The molecule has 0 aromatic heterocycles. The van der Waals surface area contributed by atoms with Gasteiger partial charge in [0, 0.05) is 16.6 Å². The number of carbonyl (C=O) groups is 2. The zero-order valence-corrected chi connectivity index (χ0v) is 20.3. The molecule has 1 saturated carbocycles. The van der Waals surface area contributed by atoms with Crippen molar-refractivity contribution in [1.29, 1.82) is 0 Å². The van der Waals surface area contributed by atoms with E-state index in [1.165, 1.54) is 0 Å². The minimum Gasteiger partial charge on any atom is -0.352 e. The molecule has 2 aliphatic rings. The summed E-state index contributed by atoms with van der Waals surface area (Å²) >= 11 is 3.62. The zero-order chi connectivity index (χ0) is 23.7. The van der Waals surface area contributed by atoms with Crippen LogP contribution in [0.2, 0.25) is 0 Å². The fourth-order valence-corrected chi connectivity index (χ4v) is 5.29. The molecule has 5 rings (SSSR count). The average molecular weight is 517 g/mol. The summed E-state index contributed by atoms with van der Waals surface area (Å²) in [4.78, 5) is 29.4. The summed E-state index contributed by atoms with van der Waals surface area (Å²) in [5.74, 6) is -0.387. The molecule has 1 aliphatic carbocycles. The maximum atomic E-state index is 13.4. The van der Waals surface area contributed by atoms with E-state index in [9.17, 15) is 9.59 Å². The fraction of sp³-hybridized carbons (Fsp3) is 0.296. The Bertz CT molecular complexity index is 1310. The molecule has 7 heteroatoms. The van der Waals surface area contributed by atoms with Gasteiger partial charge < -0.3 is 10.6 Å². The van der Waals surface area contributed by atoms with Gasteiger partial charge in [-0.1, -0.05) is 58.4 Å². The first-order valence-electron chi connectivity index (χ1n) is 11.5. The average Bonchev–Trinajstić information content (AvgIpc) is 3.46. The number of carbonyl (C=O) groups excluding carboxylic acids is 2. The van der Waals surface area contributed by atoms with E-state index in [0.29, 0.717) is 25.1 Å². The summed E-state index contributed by atoms with van der Waals surface area (Å²) in [6.45, 7) is 8.47. The lowest BCUT2D eigenvalue weighted by atomic mass is 9.96. The topological polar surface area (TPSA) is 65.8 Å². The number of rotatable bonds is 6. The first kappa shape index (κ1) is 22.4. The minimum absolute atomic E-state index is 0.0689. The highest BCUT2D eigenvalue weighted by molar-refractivity contribution is 9.10. The van der Waals surface area contributed by atoms with Gasteiger partial charge in [0.2, 0.25) is 5.91 Å². The fourth-order valence-electron chi connectivity index (χ4n) is 4.81. The molecule has 172 valence electrons. The normalized spacial score (nSPS) is 18.4. The van der Waals surface area contributed by atoms with Gasteiger partial charge in [0.05, 0.1) is 24.5 Å². The van der Waals surface area contributed by atoms with Gasteiger partial charge in [-0.3, -0.25) is 9.59 Å². The Labute approximate surface area is 207 Å². The SMILES string of the molecule is [C-]#[N+]N1CC[C@@H](C(=O)NCc2ccccc2C(=O)NC2(c3cc(Br)cc4ccccc34)CC2)C1. The van der Waals surface area contributed by atoms with E-state index in [2.05, 4.69) is 55.8 Å². The lowest BCUT2D eigenvalue weighted by Gasteiger charge is -2.22. The molecule has 1 heterocycles. The number of halogens is 1. The van der Waals surface area contributed by atoms with Gasteiger partial charge >= 0.3 is 0 Å². The lowest BCUT2D eigenvalue weighted by Crippen LogP contribution is -2.36. The van der Waals surface area contributed by atoms with Crippen molar-refractivity contribution in [3.05, 3.63) is 93.4 Å². The van der Waals surface area contributed by atoms with Crippen LogP contribution in [-0.2, 0) is 16.9 Å². The second kappa shape index (κ2) is 9.11. The van der Waals surface area contributed by atoms with Crippen molar-refractivity contribution in [3.63, 3.8) is 0 Å². The Morgan fingerprint density at radius 3 is 2.65 bits per heavy atom. The summed E-state index contributed by atoms with van der Waals surface area (Å²) in [6, 6.07) is 19.8. The predicted octanol–water partition coefficient (Wildman–Crippen LogP) is 4.79. The van der Waals surface area contributed by atoms with E-state index in [4.69, 9.17) is 6.57 Å². The van der Waals surface area contributed by atoms with E-state index in [1.807, 2.05) is 36.4 Å². The molecule has 0 bridgehead atoms. The highest BCUT2D eigenvalue weighted by Crippen LogP contribution is 2.49. The molecular weight excluding hydrogens is 492 g/mol. The van der Waals surface area contributed by atoms with Crippen LogP contribution in [0, 0.1) is 12.5 Å². The highest BCUT2D eigenvalue weighted by atomic mass is 79.9. The summed E-state index contributed by atoms with van der Waals surface area (Å²) in [5.41, 5.74) is 2.09. The monoisotopic (exact) mass is 516 g/mol. The van der Waals surface area contributed by atoms with Gasteiger partial charge in [-0.25, -0.2) is 0 Å². The van der Waals surface area contributed by atoms with Gasteiger partial charge in [-0.05, 0) is 59.4 Å². The number of hydrogen-bond donors (Lipinski definition) is 2. The first-order chi connectivity index (χ1) is 16.5. The molecule has 1 aliphatic heterocycles. The molecule has 1 atom stereocenters. The lowest BCUT2D eigenvalue weighted by molar-refractivity contribution is -0.124. The van der Waals surface area contributed by atoms with E-state index < -0.39 is 0 Å². The third-order valence-corrected chi connectivity index (χ3v) is 7.30. The van der Waals surface area contributed by atoms with Gasteiger partial charge in [-0.15, -0.1) is 5.01 Å². The van der Waals surface area contributed by atoms with Crippen molar-refractivity contribution in [2.45, 2.75) is 31.3 Å². The molecule has 0 radical (unpaired) electrons. The number of nitrogens with one attached hydrogen (secondary N) is 2. The Balaban J connectivity index is 1.33. The number of benzene rings is 3. The van der Waals surface area contributed by atoms with Crippen molar-refractivity contribution in [3.8, 4) is 0 Å². The quantitative estimate of drug-likeness (QED) is 0.462. The van der Waals surface area contributed by atoms with E-state index in [1.54, 1.807) is 5.01 Å². The Morgan fingerprint density at radius 2 is 1.88 bits per heavy atom. The largest absolute Gasteiger partial charge is 0.352 e. The van der Waals surface area contributed by atoms with Crippen LogP contribution in [0.1, 0.15) is 40.7 Å². The van der Waals surface area contributed by atoms with Crippen molar-refractivity contribution in [2.24, 2.45) is 5.92 Å². The number of amides is 2. The van der Waals surface area contributed by atoms with Crippen LogP contribution in [0.25, 0.3) is 15.7 Å². The van der Waals surface area contributed by atoms with Crippen LogP contribution in [0.15, 0.2) is 65.1 Å². The molecule has 0 spiro atoms. The maximum absolute atomic E-state index is 13.4. The smallest absolute Gasteiger partial charge is 0.252 e. The molecule has 6 nitrogen and oxygen atoms in total. The molecule has 2 amide bonds. The van der Waals surface area contributed by atoms with Crippen molar-refractivity contribution < 1.29 is 9.59 Å². The van der Waals surface area contributed by atoms with Crippen LogP contribution in [-0.4, -0.2) is 29.9 Å². The van der Waals surface area contributed by atoms with Crippen LogP contribution in [0.4, 0.5) is 0 Å². The second-order valence-corrected chi connectivity index (χ2v) is 10.00. The van der Waals surface area contributed by atoms with Crippen LogP contribution >= 0.6 is 15.9 Å². The summed E-state index contributed by atoms with van der Waals surface area (Å²) in [7, 11) is 0. The summed E-state index contributed by atoms with van der Waals surface area (Å²) < 4.78 is 0.994. The molecule has 2 N–H and O–H groups in total. The maximum Gasteiger partial charge on any atom is 0.252 e. The summed E-state index contributed by atoms with van der Waals surface area (Å²) in [5, 5.41) is 10.1. The third kappa shape index (κ3) is 4.38. The summed E-state index contributed by atoms with van der Waals surface area (Å²) in [6.07, 6.45) is 2.45. The molecule has 2 fully saturated rings. The second-order valence-electron chi connectivity index (χ2n) is 9.08. The van der Waals surface area contributed by atoms with E-state index in [-0.39, 0.29) is 29.8 Å². The van der Waals surface area contributed by atoms with E-state index in [0.717, 1.165) is 39.2 Å². The van der Waals surface area contributed by atoms with Crippen molar-refractivity contribution in [2.75, 3.05) is 13.1 Å². The van der Waals surface area contributed by atoms with Gasteiger partial charge in [0.1, 0.15) is 0 Å². The highest BCUT2D eigenvalue weighted by Gasteiger charge is 2.47. The molecular formula is C27H25BrN4O2. The first-order valence-corrected chi connectivity index (χ1v) is 12.3. The van der Waals surface area contributed by atoms with Gasteiger partial charge in [0.15, 0.2) is 0 Å². The predicted molar refractivity (Wildman–Crippen MR) is 135 cm³/mol. The van der Waals surface area contributed by atoms with Crippen LogP contribution in [0.3, 0.4) is 0 Å². The zero-order valence-electron chi connectivity index (χ0n) is 18.7. The van der Waals surface area contributed by atoms with Crippen molar-refractivity contribution in [1.82, 2.24) is 15.6 Å². The molecule has 3 aromatic carbocycles. The Morgan fingerprint density at radius 1 is 1.12 bits per heavy atom. The molecule has 3 aromatic rings. The van der Waals surface area contributed by atoms with Crippen LogP contribution in [0.5, 0.6) is 0 Å². The van der Waals surface area contributed by atoms with Gasteiger partial charge in [-0.2, -0.15) is 11.5 Å². The standard InChI is InChI=1S/C27H25BrN4O2/c1-29-32-13-10-20(17-32)25(33)30-16-19-7-3-5-9-23(19)26(34)31-27(11-12-27)24-15-21(28)14-18-6-2-4-8-22(18)24/h2-9,14-15,20H,10-13,16-17H2,(H,30,33)(H,31,34)/t20-/m1/s1. The number of nitrogens with zero attached hydrogens (tertiary/aromatic N) is 2. The molecule has 1 saturated heterocycles.